The molecule has 5 nitrogen and oxygen atoms in total. The predicted octanol–water partition coefficient (Wildman–Crippen LogP) is 4.20. The average Bonchev–Trinajstić information content (AvgIpc) is 3.17. The fourth-order valence-corrected chi connectivity index (χ4v) is 3.81. The van der Waals surface area contributed by atoms with E-state index in [4.69, 9.17) is 4.74 Å². The molecule has 0 aliphatic rings. The van der Waals surface area contributed by atoms with Crippen molar-refractivity contribution >= 4 is 17.5 Å². The molecule has 2 aromatic heterocycles. The third kappa shape index (κ3) is 3.70. The van der Waals surface area contributed by atoms with Crippen molar-refractivity contribution in [2.24, 2.45) is 7.05 Å². The zero-order valence-corrected chi connectivity index (χ0v) is 16.3. The minimum atomic E-state index is 0.114. The number of ether oxygens (including phenoxy) is 1. The van der Waals surface area contributed by atoms with Crippen molar-refractivity contribution in [1.82, 2.24) is 14.1 Å². The molecule has 2 heterocycles. The fraction of sp³-hybridized carbons (Fsp3) is 0.300. The standard InChI is InChI=1S/C20H23N3O2S/c1-5-25-17-8-6-16(7-9-17)23-14(2)12-18(15(23)3)19(24)13-26-20-21-10-11-22(20)4/h6-12H,5,13H2,1-4H3. The van der Waals surface area contributed by atoms with Gasteiger partial charge in [0.15, 0.2) is 10.9 Å². The van der Waals surface area contributed by atoms with E-state index in [2.05, 4.69) is 9.55 Å². The molecule has 6 heteroatoms. The van der Waals surface area contributed by atoms with Gasteiger partial charge in [0.2, 0.25) is 0 Å². The number of carbonyl (C=O) groups excluding carboxylic acids is 1. The van der Waals surface area contributed by atoms with E-state index >= 15 is 0 Å². The number of carbonyl (C=O) groups is 1. The second-order valence-corrected chi connectivity index (χ2v) is 7.02. The van der Waals surface area contributed by atoms with Crippen LogP contribution in [0, 0.1) is 13.8 Å². The van der Waals surface area contributed by atoms with Gasteiger partial charge in [0.1, 0.15) is 5.75 Å². The van der Waals surface area contributed by atoms with Crippen molar-refractivity contribution < 1.29 is 9.53 Å². The van der Waals surface area contributed by atoms with Gasteiger partial charge >= 0.3 is 0 Å². The predicted molar refractivity (Wildman–Crippen MR) is 105 cm³/mol. The molecule has 0 unspecified atom stereocenters. The van der Waals surface area contributed by atoms with Gasteiger partial charge < -0.3 is 13.9 Å². The summed E-state index contributed by atoms with van der Waals surface area (Å²) in [5.41, 5.74) is 3.78. The molecule has 0 spiro atoms. The number of ketones is 1. The first kappa shape index (κ1) is 18.3. The van der Waals surface area contributed by atoms with Crippen molar-refractivity contribution in [3.63, 3.8) is 0 Å². The van der Waals surface area contributed by atoms with Gasteiger partial charge in [-0.3, -0.25) is 4.79 Å². The molecule has 3 aromatic rings. The molecular weight excluding hydrogens is 346 g/mol. The fourth-order valence-electron chi connectivity index (χ4n) is 3.00. The first-order valence-electron chi connectivity index (χ1n) is 8.56. The number of thioether (sulfide) groups is 1. The Morgan fingerprint density at radius 1 is 1.23 bits per heavy atom. The number of rotatable bonds is 7. The summed E-state index contributed by atoms with van der Waals surface area (Å²) in [6.45, 7) is 6.62. The first-order valence-corrected chi connectivity index (χ1v) is 9.55. The van der Waals surface area contributed by atoms with Crippen molar-refractivity contribution in [3.8, 4) is 11.4 Å². The van der Waals surface area contributed by atoms with Gasteiger partial charge in [-0.2, -0.15) is 0 Å². The van der Waals surface area contributed by atoms with Crippen LogP contribution < -0.4 is 4.74 Å². The van der Waals surface area contributed by atoms with E-state index in [0.29, 0.717) is 12.4 Å². The molecule has 26 heavy (non-hydrogen) atoms. The molecule has 0 aliphatic carbocycles. The summed E-state index contributed by atoms with van der Waals surface area (Å²) in [4.78, 5) is 17.0. The Labute approximate surface area is 158 Å². The van der Waals surface area contributed by atoms with Gasteiger partial charge in [-0.15, -0.1) is 0 Å². The number of benzene rings is 1. The molecule has 1 aromatic carbocycles. The maximum absolute atomic E-state index is 12.7. The zero-order chi connectivity index (χ0) is 18.7. The van der Waals surface area contributed by atoms with Crippen LogP contribution in [0.4, 0.5) is 0 Å². The number of imidazole rings is 1. The first-order chi connectivity index (χ1) is 12.5. The summed E-state index contributed by atoms with van der Waals surface area (Å²) < 4.78 is 9.53. The summed E-state index contributed by atoms with van der Waals surface area (Å²) in [6, 6.07) is 9.91. The molecule has 136 valence electrons. The molecule has 0 fully saturated rings. The Balaban J connectivity index is 1.80. The van der Waals surface area contributed by atoms with Crippen LogP contribution in [0.15, 0.2) is 47.9 Å². The maximum Gasteiger partial charge on any atom is 0.175 e. The molecule has 0 saturated heterocycles. The number of Topliss-reactive ketones (excluding diaryl/α,β-unsaturated/α-hetero) is 1. The normalized spacial score (nSPS) is 10.9. The lowest BCUT2D eigenvalue weighted by atomic mass is 10.2. The van der Waals surface area contributed by atoms with E-state index in [0.717, 1.165) is 33.5 Å². The highest BCUT2D eigenvalue weighted by Crippen LogP contribution is 2.25. The lowest BCUT2D eigenvalue weighted by Gasteiger charge is -2.11. The largest absolute Gasteiger partial charge is 0.494 e. The van der Waals surface area contributed by atoms with Crippen molar-refractivity contribution in [2.75, 3.05) is 12.4 Å². The minimum Gasteiger partial charge on any atom is -0.494 e. The number of hydrogen-bond acceptors (Lipinski definition) is 4. The molecule has 0 N–H and O–H groups in total. The van der Waals surface area contributed by atoms with Crippen molar-refractivity contribution in [1.29, 1.82) is 0 Å². The molecule has 0 bridgehead atoms. The van der Waals surface area contributed by atoms with Crippen LogP contribution in [0.3, 0.4) is 0 Å². The maximum atomic E-state index is 12.7. The smallest absolute Gasteiger partial charge is 0.175 e. The second-order valence-electron chi connectivity index (χ2n) is 6.08. The molecule has 0 aliphatic heterocycles. The van der Waals surface area contributed by atoms with E-state index < -0.39 is 0 Å². The van der Waals surface area contributed by atoms with Gasteiger partial charge in [-0.1, -0.05) is 11.8 Å². The topological polar surface area (TPSA) is 49.1 Å². The highest BCUT2D eigenvalue weighted by atomic mass is 32.2. The van der Waals surface area contributed by atoms with Gasteiger partial charge in [0, 0.05) is 42.1 Å². The number of hydrogen-bond donors (Lipinski definition) is 0. The zero-order valence-electron chi connectivity index (χ0n) is 15.5. The van der Waals surface area contributed by atoms with Gasteiger partial charge in [-0.25, -0.2) is 4.98 Å². The highest BCUT2D eigenvalue weighted by Gasteiger charge is 2.17. The third-order valence-corrected chi connectivity index (χ3v) is 5.30. The van der Waals surface area contributed by atoms with E-state index in [-0.39, 0.29) is 5.78 Å². The van der Waals surface area contributed by atoms with Crippen LogP contribution in [-0.2, 0) is 7.05 Å². The molecule has 0 saturated carbocycles. The van der Waals surface area contributed by atoms with Crippen LogP contribution in [0.5, 0.6) is 5.75 Å². The van der Waals surface area contributed by atoms with Crippen LogP contribution in [0.2, 0.25) is 0 Å². The minimum absolute atomic E-state index is 0.114. The van der Waals surface area contributed by atoms with E-state index in [1.807, 2.05) is 68.9 Å². The number of nitrogens with zero attached hydrogens (tertiary/aromatic N) is 3. The SMILES string of the molecule is CCOc1ccc(-n2c(C)cc(C(=O)CSc3nccn3C)c2C)cc1. The summed E-state index contributed by atoms with van der Waals surface area (Å²) >= 11 is 1.46. The van der Waals surface area contributed by atoms with Crippen LogP contribution in [0.25, 0.3) is 5.69 Å². The average molecular weight is 369 g/mol. The van der Waals surface area contributed by atoms with Gasteiger partial charge in [-0.05, 0) is 51.1 Å². The van der Waals surface area contributed by atoms with Crippen LogP contribution in [-0.4, -0.2) is 32.3 Å². The summed E-state index contributed by atoms with van der Waals surface area (Å²) in [6.07, 6.45) is 3.62. The quantitative estimate of drug-likeness (QED) is 0.463. The molecule has 0 atom stereocenters. The van der Waals surface area contributed by atoms with Gasteiger partial charge in [0.05, 0.1) is 12.4 Å². The van der Waals surface area contributed by atoms with Crippen molar-refractivity contribution in [2.45, 2.75) is 25.9 Å². The summed E-state index contributed by atoms with van der Waals surface area (Å²) in [7, 11) is 1.93. The van der Waals surface area contributed by atoms with Crippen LogP contribution in [0.1, 0.15) is 28.7 Å². The Hall–Kier alpha value is -2.47. The Morgan fingerprint density at radius 2 is 1.96 bits per heavy atom. The lowest BCUT2D eigenvalue weighted by molar-refractivity contribution is 0.102. The Morgan fingerprint density at radius 3 is 2.58 bits per heavy atom. The third-order valence-electron chi connectivity index (χ3n) is 4.25. The number of aryl methyl sites for hydroxylation is 2. The van der Waals surface area contributed by atoms with Crippen LogP contribution >= 0.6 is 11.8 Å². The molecule has 0 radical (unpaired) electrons. The summed E-state index contributed by atoms with van der Waals surface area (Å²) in [5, 5.41) is 0.846. The van der Waals surface area contributed by atoms with E-state index in [1.54, 1.807) is 6.20 Å². The van der Waals surface area contributed by atoms with E-state index in [9.17, 15) is 4.79 Å². The lowest BCUT2D eigenvalue weighted by Crippen LogP contribution is -2.06. The monoisotopic (exact) mass is 369 g/mol. The molecule has 0 amide bonds. The number of aromatic nitrogens is 3. The highest BCUT2D eigenvalue weighted by molar-refractivity contribution is 7.99. The Kier molecular flexibility index (Phi) is 5.52. The molecular formula is C20H23N3O2S. The molecule has 3 rings (SSSR count). The second kappa shape index (κ2) is 7.83. The Bertz CT molecular complexity index is 910. The van der Waals surface area contributed by atoms with Gasteiger partial charge in [0.25, 0.3) is 0 Å². The summed E-state index contributed by atoms with van der Waals surface area (Å²) in [5.74, 6) is 1.34. The van der Waals surface area contributed by atoms with E-state index in [1.165, 1.54) is 11.8 Å². The van der Waals surface area contributed by atoms with Crippen molar-refractivity contribution in [3.05, 3.63) is 59.7 Å².